The van der Waals surface area contributed by atoms with Gasteiger partial charge in [-0.05, 0) is 22.9 Å². The van der Waals surface area contributed by atoms with Gasteiger partial charge in [0, 0.05) is 19.5 Å². The molecular formula is C15H19N5O2. The van der Waals surface area contributed by atoms with Crippen molar-refractivity contribution in [3.8, 4) is 0 Å². The Hall–Kier alpha value is -2.28. The maximum Gasteiger partial charge on any atom is 0.248 e. The summed E-state index contributed by atoms with van der Waals surface area (Å²) in [5.41, 5.74) is 1.08. The van der Waals surface area contributed by atoms with Crippen LogP contribution in [-0.4, -0.2) is 56.8 Å². The Bertz CT molecular complexity index is 602. The summed E-state index contributed by atoms with van der Waals surface area (Å²) >= 11 is 0. The fourth-order valence-electron chi connectivity index (χ4n) is 2.67. The molecule has 0 N–H and O–H groups in total. The topological polar surface area (TPSA) is 73.1 Å². The molecule has 0 radical (unpaired) electrons. The van der Waals surface area contributed by atoms with Gasteiger partial charge >= 0.3 is 0 Å². The predicted molar refractivity (Wildman–Crippen MR) is 79.0 cm³/mol. The molecule has 2 atom stereocenters. The average Bonchev–Trinajstić information content (AvgIpc) is 3.07. The summed E-state index contributed by atoms with van der Waals surface area (Å²) in [5, 5.41) is 11.3. The van der Waals surface area contributed by atoms with Crippen LogP contribution in [0.25, 0.3) is 0 Å². The number of hydrogen-bond acceptors (Lipinski definition) is 5. The second kappa shape index (κ2) is 6.65. The number of benzene rings is 1. The molecule has 1 fully saturated rings. The van der Waals surface area contributed by atoms with Gasteiger partial charge in [-0.15, -0.1) is 5.10 Å². The minimum Gasteiger partial charge on any atom is -0.375 e. The quantitative estimate of drug-likeness (QED) is 0.831. The number of aromatic nitrogens is 4. The van der Waals surface area contributed by atoms with Crippen molar-refractivity contribution in [2.75, 3.05) is 19.7 Å². The van der Waals surface area contributed by atoms with E-state index in [0.29, 0.717) is 26.1 Å². The Morgan fingerprint density at radius 3 is 2.91 bits per heavy atom. The van der Waals surface area contributed by atoms with E-state index in [1.807, 2.05) is 42.2 Å². The molecule has 1 aromatic carbocycles. The third-order valence-electron chi connectivity index (χ3n) is 3.79. The first-order chi connectivity index (χ1) is 10.7. The molecule has 3 rings (SSSR count). The average molecular weight is 301 g/mol. The van der Waals surface area contributed by atoms with Gasteiger partial charge in [0.05, 0.1) is 12.7 Å². The van der Waals surface area contributed by atoms with Crippen LogP contribution < -0.4 is 0 Å². The number of rotatable bonds is 4. The molecule has 2 heterocycles. The van der Waals surface area contributed by atoms with E-state index in [0.717, 1.165) is 5.56 Å². The van der Waals surface area contributed by atoms with Crippen LogP contribution in [0.1, 0.15) is 18.5 Å². The van der Waals surface area contributed by atoms with E-state index in [9.17, 15) is 4.79 Å². The molecule has 0 unspecified atom stereocenters. The van der Waals surface area contributed by atoms with Crippen LogP contribution >= 0.6 is 0 Å². The maximum atomic E-state index is 12.9. The maximum absolute atomic E-state index is 12.9. The van der Waals surface area contributed by atoms with Crippen LogP contribution in [0.5, 0.6) is 0 Å². The number of hydrogen-bond donors (Lipinski definition) is 0. The number of carbonyl (C=O) groups excluding carboxylic acids is 1. The molecule has 116 valence electrons. The molecule has 1 amide bonds. The van der Waals surface area contributed by atoms with Gasteiger partial charge < -0.3 is 9.64 Å². The van der Waals surface area contributed by atoms with Crippen molar-refractivity contribution in [3.05, 3.63) is 42.2 Å². The summed E-state index contributed by atoms with van der Waals surface area (Å²) in [6.07, 6.45) is 2.12. The highest BCUT2D eigenvalue weighted by Gasteiger charge is 2.30. The normalized spacial score (nSPS) is 19.9. The van der Waals surface area contributed by atoms with Crippen molar-refractivity contribution >= 4 is 5.91 Å². The van der Waals surface area contributed by atoms with E-state index < -0.39 is 6.04 Å². The summed E-state index contributed by atoms with van der Waals surface area (Å²) in [6, 6.07) is 9.48. The Labute approximate surface area is 128 Å². The lowest BCUT2D eigenvalue weighted by atomic mass is 10.0. The predicted octanol–water partition coefficient (Wildman–Crippen LogP) is 0.704. The van der Waals surface area contributed by atoms with Crippen molar-refractivity contribution in [2.45, 2.75) is 25.5 Å². The van der Waals surface area contributed by atoms with Crippen molar-refractivity contribution in [3.63, 3.8) is 0 Å². The third kappa shape index (κ3) is 3.30. The molecule has 0 aliphatic carbocycles. The Morgan fingerprint density at radius 1 is 1.41 bits per heavy atom. The second-order valence-corrected chi connectivity index (χ2v) is 5.46. The van der Waals surface area contributed by atoms with Crippen LogP contribution in [0.2, 0.25) is 0 Å². The standard InChI is InChI=1S/C15H19N5O2/c1-12-10-19(7-8-22-12)15(21)14(20-11-16-17-18-20)9-13-5-3-2-4-6-13/h2-6,11-12,14H,7-10H2,1H3/t12-,14-/m0/s1. The number of carbonyl (C=O) groups is 1. The van der Waals surface area contributed by atoms with Gasteiger partial charge in [-0.1, -0.05) is 30.3 Å². The summed E-state index contributed by atoms with van der Waals surface area (Å²) in [6.45, 7) is 3.76. The van der Waals surface area contributed by atoms with Gasteiger partial charge in [0.1, 0.15) is 12.4 Å². The van der Waals surface area contributed by atoms with Gasteiger partial charge in [0.15, 0.2) is 0 Å². The zero-order chi connectivity index (χ0) is 15.4. The SMILES string of the molecule is C[C@H]1CN(C(=O)[C@H](Cc2ccccc2)n2cnnn2)CCO1. The van der Waals surface area contributed by atoms with Crippen molar-refractivity contribution in [1.82, 2.24) is 25.1 Å². The van der Waals surface area contributed by atoms with Gasteiger partial charge in [-0.25, -0.2) is 4.68 Å². The lowest BCUT2D eigenvalue weighted by Gasteiger charge is -2.33. The molecule has 22 heavy (non-hydrogen) atoms. The first-order valence-electron chi connectivity index (χ1n) is 7.41. The van der Waals surface area contributed by atoms with E-state index in [2.05, 4.69) is 15.5 Å². The highest BCUT2D eigenvalue weighted by molar-refractivity contribution is 5.80. The molecular weight excluding hydrogens is 282 g/mol. The molecule has 1 aliphatic heterocycles. The van der Waals surface area contributed by atoms with Crippen molar-refractivity contribution in [2.24, 2.45) is 0 Å². The smallest absolute Gasteiger partial charge is 0.248 e. The van der Waals surface area contributed by atoms with Crippen LogP contribution in [0.4, 0.5) is 0 Å². The molecule has 1 aliphatic rings. The second-order valence-electron chi connectivity index (χ2n) is 5.46. The summed E-state index contributed by atoms with van der Waals surface area (Å²) < 4.78 is 7.04. The first-order valence-corrected chi connectivity index (χ1v) is 7.41. The molecule has 0 saturated carbocycles. The van der Waals surface area contributed by atoms with Crippen molar-refractivity contribution < 1.29 is 9.53 Å². The van der Waals surface area contributed by atoms with Crippen molar-refractivity contribution in [1.29, 1.82) is 0 Å². The van der Waals surface area contributed by atoms with E-state index in [4.69, 9.17) is 4.74 Å². The fraction of sp³-hybridized carbons (Fsp3) is 0.467. The first kappa shape index (κ1) is 14.6. The lowest BCUT2D eigenvalue weighted by molar-refractivity contribution is -0.142. The minimum absolute atomic E-state index is 0.0336. The molecule has 1 saturated heterocycles. The molecule has 7 heteroatoms. The van der Waals surface area contributed by atoms with Gasteiger partial charge in [0.2, 0.25) is 5.91 Å². The fourth-order valence-corrected chi connectivity index (χ4v) is 2.67. The van der Waals surface area contributed by atoms with Crippen LogP contribution in [0.15, 0.2) is 36.7 Å². The van der Waals surface area contributed by atoms with E-state index in [1.54, 1.807) is 0 Å². The molecule has 1 aromatic heterocycles. The van der Waals surface area contributed by atoms with Crippen LogP contribution in [-0.2, 0) is 16.0 Å². The largest absolute Gasteiger partial charge is 0.375 e. The number of tetrazole rings is 1. The number of amides is 1. The summed E-state index contributed by atoms with van der Waals surface area (Å²) in [7, 11) is 0. The molecule has 7 nitrogen and oxygen atoms in total. The van der Waals surface area contributed by atoms with E-state index >= 15 is 0 Å². The van der Waals surface area contributed by atoms with Gasteiger partial charge in [-0.3, -0.25) is 4.79 Å². The lowest BCUT2D eigenvalue weighted by Crippen LogP contribution is -2.47. The Balaban J connectivity index is 1.80. The van der Waals surface area contributed by atoms with E-state index in [-0.39, 0.29) is 12.0 Å². The monoisotopic (exact) mass is 301 g/mol. The minimum atomic E-state index is -0.428. The highest BCUT2D eigenvalue weighted by Crippen LogP contribution is 2.18. The molecule has 0 spiro atoms. The van der Waals surface area contributed by atoms with Gasteiger partial charge in [-0.2, -0.15) is 0 Å². The van der Waals surface area contributed by atoms with Crippen LogP contribution in [0, 0.1) is 0 Å². The number of nitrogens with zero attached hydrogens (tertiary/aromatic N) is 5. The third-order valence-corrected chi connectivity index (χ3v) is 3.79. The summed E-state index contributed by atoms with van der Waals surface area (Å²) in [4.78, 5) is 14.7. The summed E-state index contributed by atoms with van der Waals surface area (Å²) in [5.74, 6) is 0.0336. The van der Waals surface area contributed by atoms with Crippen LogP contribution in [0.3, 0.4) is 0 Å². The molecule has 0 bridgehead atoms. The molecule has 2 aromatic rings. The van der Waals surface area contributed by atoms with E-state index in [1.165, 1.54) is 11.0 Å². The zero-order valence-electron chi connectivity index (χ0n) is 12.5. The Morgan fingerprint density at radius 2 is 2.23 bits per heavy atom. The van der Waals surface area contributed by atoms with Gasteiger partial charge in [0.25, 0.3) is 0 Å². The Kier molecular flexibility index (Phi) is 4.43. The zero-order valence-corrected chi connectivity index (χ0v) is 12.5. The number of ether oxygens (including phenoxy) is 1. The highest BCUT2D eigenvalue weighted by atomic mass is 16.5. The number of morpholine rings is 1.